The third kappa shape index (κ3) is 2.47. The van der Waals surface area contributed by atoms with Gasteiger partial charge in [0, 0.05) is 17.3 Å². The fraction of sp³-hybridized carbons (Fsp3) is 0.154. The van der Waals surface area contributed by atoms with Crippen LogP contribution in [-0.4, -0.2) is 22.9 Å². The second-order valence-electron chi connectivity index (χ2n) is 3.57. The van der Waals surface area contributed by atoms with Crippen LogP contribution >= 0.6 is 0 Å². The van der Waals surface area contributed by atoms with Gasteiger partial charge in [0.1, 0.15) is 0 Å². The van der Waals surface area contributed by atoms with Gasteiger partial charge in [-0.3, -0.25) is 4.79 Å². The van der Waals surface area contributed by atoms with Gasteiger partial charge < -0.3 is 4.74 Å². The molecule has 4 heteroatoms. The number of methoxy groups -OCH3 is 1. The van der Waals surface area contributed by atoms with E-state index in [1.165, 1.54) is 7.11 Å². The van der Waals surface area contributed by atoms with E-state index in [0.29, 0.717) is 17.1 Å². The van der Waals surface area contributed by atoms with Gasteiger partial charge in [0.15, 0.2) is 0 Å². The van der Waals surface area contributed by atoms with Crippen molar-refractivity contribution in [3.63, 3.8) is 0 Å². The molecule has 0 fully saturated rings. The Kier molecular flexibility index (Phi) is 3.14. The average Bonchev–Trinajstić information content (AvgIpc) is 2.38. The number of ketones is 1. The number of ether oxygens (including phenoxy) is 1. The maximum Gasteiger partial charge on any atom is 0.230 e. The minimum absolute atomic E-state index is 0.160. The summed E-state index contributed by atoms with van der Waals surface area (Å²) in [6.07, 6.45) is 0. The van der Waals surface area contributed by atoms with Crippen molar-refractivity contribution in [3.05, 3.63) is 53.5 Å². The molecule has 0 spiro atoms. The van der Waals surface area contributed by atoms with E-state index in [9.17, 15) is 4.79 Å². The van der Waals surface area contributed by atoms with Gasteiger partial charge in [0.25, 0.3) is 0 Å². The van der Waals surface area contributed by atoms with Crippen molar-refractivity contribution >= 4 is 5.78 Å². The smallest absolute Gasteiger partial charge is 0.230 e. The molecule has 1 aromatic carbocycles. The van der Waals surface area contributed by atoms with Crippen LogP contribution in [0.4, 0.5) is 0 Å². The molecule has 0 aliphatic rings. The van der Waals surface area contributed by atoms with Crippen LogP contribution in [-0.2, 0) is 0 Å². The second-order valence-corrected chi connectivity index (χ2v) is 3.57. The number of rotatable bonds is 3. The van der Waals surface area contributed by atoms with Crippen LogP contribution in [0.1, 0.15) is 21.9 Å². The van der Waals surface area contributed by atoms with Crippen LogP contribution in [0.25, 0.3) is 0 Å². The largest absolute Gasteiger partial charge is 0.481 e. The van der Waals surface area contributed by atoms with Crippen LogP contribution in [0.5, 0.6) is 5.88 Å². The summed E-state index contributed by atoms with van der Waals surface area (Å²) in [4.78, 5) is 20.2. The molecule has 0 radical (unpaired) electrons. The average molecular weight is 228 g/mol. The van der Waals surface area contributed by atoms with E-state index >= 15 is 0 Å². The van der Waals surface area contributed by atoms with Crippen molar-refractivity contribution in [2.75, 3.05) is 7.11 Å². The molecule has 0 unspecified atom stereocenters. The topological polar surface area (TPSA) is 52.1 Å². The molecule has 0 saturated heterocycles. The van der Waals surface area contributed by atoms with Gasteiger partial charge in [-0.1, -0.05) is 30.3 Å². The highest BCUT2D eigenvalue weighted by Gasteiger charge is 2.13. The van der Waals surface area contributed by atoms with Gasteiger partial charge in [0.2, 0.25) is 17.5 Å². The van der Waals surface area contributed by atoms with Gasteiger partial charge in [-0.2, -0.15) is 4.98 Å². The Morgan fingerprint density at radius 2 is 1.88 bits per heavy atom. The molecular weight excluding hydrogens is 216 g/mol. The lowest BCUT2D eigenvalue weighted by Gasteiger charge is -2.04. The van der Waals surface area contributed by atoms with Crippen molar-refractivity contribution < 1.29 is 9.53 Å². The first kappa shape index (κ1) is 11.3. The Labute approximate surface area is 99.3 Å². The Bertz CT molecular complexity index is 538. The van der Waals surface area contributed by atoms with E-state index < -0.39 is 0 Å². The number of benzene rings is 1. The summed E-state index contributed by atoms with van der Waals surface area (Å²) in [5.74, 6) is 0.359. The van der Waals surface area contributed by atoms with E-state index in [-0.39, 0.29) is 11.6 Å². The van der Waals surface area contributed by atoms with Crippen molar-refractivity contribution in [1.82, 2.24) is 9.97 Å². The lowest BCUT2D eigenvalue weighted by molar-refractivity contribution is 0.102. The number of aromatic nitrogens is 2. The first-order valence-electron chi connectivity index (χ1n) is 5.20. The van der Waals surface area contributed by atoms with E-state index in [1.807, 2.05) is 6.07 Å². The molecule has 86 valence electrons. The lowest BCUT2D eigenvalue weighted by atomic mass is 10.1. The molecule has 1 heterocycles. The van der Waals surface area contributed by atoms with Gasteiger partial charge in [-0.25, -0.2) is 4.98 Å². The quantitative estimate of drug-likeness (QED) is 0.754. The molecule has 0 N–H and O–H groups in total. The van der Waals surface area contributed by atoms with Crippen LogP contribution < -0.4 is 4.74 Å². The minimum atomic E-state index is -0.201. The number of carbonyl (C=O) groups excluding carboxylic acids is 1. The van der Waals surface area contributed by atoms with Crippen molar-refractivity contribution in [3.8, 4) is 5.88 Å². The maximum atomic E-state index is 12.1. The molecule has 1 aromatic heterocycles. The molecule has 0 atom stereocenters. The molecule has 2 aromatic rings. The van der Waals surface area contributed by atoms with Gasteiger partial charge >= 0.3 is 0 Å². The number of carbonyl (C=O) groups is 1. The summed E-state index contributed by atoms with van der Waals surface area (Å²) in [6, 6.07) is 10.6. The molecule has 0 amide bonds. The third-order valence-electron chi connectivity index (χ3n) is 2.28. The van der Waals surface area contributed by atoms with Crippen molar-refractivity contribution in [2.45, 2.75) is 6.92 Å². The second kappa shape index (κ2) is 4.74. The maximum absolute atomic E-state index is 12.1. The van der Waals surface area contributed by atoms with Crippen molar-refractivity contribution in [2.24, 2.45) is 0 Å². The molecule has 4 nitrogen and oxygen atoms in total. The molecular formula is C13H12N2O2. The van der Waals surface area contributed by atoms with Crippen molar-refractivity contribution in [1.29, 1.82) is 0 Å². The highest BCUT2D eigenvalue weighted by Crippen LogP contribution is 2.11. The first-order valence-corrected chi connectivity index (χ1v) is 5.20. The highest BCUT2D eigenvalue weighted by atomic mass is 16.5. The molecule has 2 rings (SSSR count). The zero-order valence-electron chi connectivity index (χ0n) is 9.68. The SMILES string of the molecule is COc1cc(C)nc(C(=O)c2ccccc2)n1. The van der Waals surface area contributed by atoms with Gasteiger partial charge in [-0.15, -0.1) is 0 Å². The fourth-order valence-electron chi connectivity index (χ4n) is 1.46. The Morgan fingerprint density at radius 1 is 1.18 bits per heavy atom. The first-order chi connectivity index (χ1) is 8.20. The zero-order valence-corrected chi connectivity index (χ0v) is 9.68. The van der Waals surface area contributed by atoms with Gasteiger partial charge in [-0.05, 0) is 6.92 Å². The van der Waals surface area contributed by atoms with E-state index in [0.717, 1.165) is 0 Å². The fourth-order valence-corrected chi connectivity index (χ4v) is 1.46. The number of hydrogen-bond donors (Lipinski definition) is 0. The molecule has 0 aliphatic heterocycles. The Hall–Kier alpha value is -2.23. The van der Waals surface area contributed by atoms with Gasteiger partial charge in [0.05, 0.1) is 7.11 Å². The molecule has 0 saturated carbocycles. The summed E-state index contributed by atoms with van der Waals surface area (Å²) in [7, 11) is 1.51. The minimum Gasteiger partial charge on any atom is -0.481 e. The summed E-state index contributed by atoms with van der Waals surface area (Å²) in [6.45, 7) is 1.80. The predicted molar refractivity (Wildman–Crippen MR) is 63.2 cm³/mol. The monoisotopic (exact) mass is 228 g/mol. The lowest BCUT2D eigenvalue weighted by Crippen LogP contribution is -2.08. The highest BCUT2D eigenvalue weighted by molar-refractivity contribution is 6.06. The predicted octanol–water partition coefficient (Wildman–Crippen LogP) is 2.02. The number of hydrogen-bond acceptors (Lipinski definition) is 4. The molecule has 17 heavy (non-hydrogen) atoms. The van der Waals surface area contributed by atoms with Crippen LogP contribution in [0.2, 0.25) is 0 Å². The standard InChI is InChI=1S/C13H12N2O2/c1-9-8-11(17-2)15-13(14-9)12(16)10-6-4-3-5-7-10/h3-8H,1-2H3. The third-order valence-corrected chi connectivity index (χ3v) is 2.28. The Balaban J connectivity index is 2.41. The molecule has 0 aliphatic carbocycles. The number of nitrogens with zero attached hydrogens (tertiary/aromatic N) is 2. The van der Waals surface area contributed by atoms with E-state index in [4.69, 9.17) is 4.74 Å². The van der Waals surface area contributed by atoms with E-state index in [2.05, 4.69) is 9.97 Å². The summed E-state index contributed by atoms with van der Waals surface area (Å²) in [5, 5.41) is 0. The van der Waals surface area contributed by atoms with E-state index in [1.54, 1.807) is 37.3 Å². The Morgan fingerprint density at radius 3 is 2.53 bits per heavy atom. The summed E-state index contributed by atoms with van der Waals surface area (Å²) >= 11 is 0. The van der Waals surface area contributed by atoms with Crippen LogP contribution in [0.15, 0.2) is 36.4 Å². The zero-order chi connectivity index (χ0) is 12.3. The summed E-state index contributed by atoms with van der Waals surface area (Å²) < 4.78 is 5.02. The van der Waals surface area contributed by atoms with Crippen LogP contribution in [0.3, 0.4) is 0 Å². The molecule has 0 bridgehead atoms. The van der Waals surface area contributed by atoms with Crippen LogP contribution in [0, 0.1) is 6.92 Å². The normalized spacial score (nSPS) is 10.0. The number of aryl methyl sites for hydroxylation is 1. The summed E-state index contributed by atoms with van der Waals surface area (Å²) in [5.41, 5.74) is 1.27.